The van der Waals surface area contributed by atoms with Gasteiger partial charge in [0.15, 0.2) is 0 Å². The molecular formula is C12H14BrN3O. The standard InChI is InChI=1S/C12H14BrN3O/c1-2-5-16(8-3-4-8)12(17)9-6-11(14)15-7-10(9)13/h2,6-8H,1,3-5H2,(H2,14,15). The maximum atomic E-state index is 12.4. The van der Waals surface area contributed by atoms with Gasteiger partial charge in [-0.25, -0.2) is 4.98 Å². The molecule has 0 radical (unpaired) electrons. The predicted octanol–water partition coefficient (Wildman–Crippen LogP) is 2.22. The number of hydrogen-bond donors (Lipinski definition) is 1. The lowest BCUT2D eigenvalue weighted by Crippen LogP contribution is -2.33. The van der Waals surface area contributed by atoms with Crippen molar-refractivity contribution in [1.29, 1.82) is 0 Å². The molecule has 5 heteroatoms. The van der Waals surface area contributed by atoms with Crippen molar-refractivity contribution in [3.63, 3.8) is 0 Å². The molecule has 1 amide bonds. The van der Waals surface area contributed by atoms with Crippen LogP contribution in [0, 0.1) is 0 Å². The monoisotopic (exact) mass is 295 g/mol. The number of aromatic nitrogens is 1. The maximum Gasteiger partial charge on any atom is 0.255 e. The lowest BCUT2D eigenvalue weighted by Gasteiger charge is -2.21. The lowest BCUT2D eigenvalue weighted by atomic mass is 10.2. The van der Waals surface area contributed by atoms with Crippen molar-refractivity contribution < 1.29 is 4.79 Å². The molecule has 0 aromatic carbocycles. The van der Waals surface area contributed by atoms with Crippen LogP contribution in [0.1, 0.15) is 23.2 Å². The Bertz CT molecular complexity index is 457. The second kappa shape index (κ2) is 4.87. The second-order valence-electron chi connectivity index (χ2n) is 4.07. The summed E-state index contributed by atoms with van der Waals surface area (Å²) in [5.41, 5.74) is 6.17. The minimum absolute atomic E-state index is 0.0200. The molecule has 90 valence electrons. The van der Waals surface area contributed by atoms with Crippen LogP contribution in [0.3, 0.4) is 0 Å². The molecule has 2 N–H and O–H groups in total. The van der Waals surface area contributed by atoms with Gasteiger partial charge in [0.1, 0.15) is 5.82 Å². The van der Waals surface area contributed by atoms with Crippen molar-refractivity contribution in [3.8, 4) is 0 Å². The van der Waals surface area contributed by atoms with Gasteiger partial charge in [-0.15, -0.1) is 6.58 Å². The summed E-state index contributed by atoms with van der Waals surface area (Å²) in [6.07, 6.45) is 5.44. The van der Waals surface area contributed by atoms with E-state index >= 15 is 0 Å². The van der Waals surface area contributed by atoms with Crippen molar-refractivity contribution in [3.05, 3.63) is 35.0 Å². The van der Waals surface area contributed by atoms with Crippen LogP contribution in [0.15, 0.2) is 29.4 Å². The van der Waals surface area contributed by atoms with Crippen LogP contribution in [0.2, 0.25) is 0 Å². The van der Waals surface area contributed by atoms with E-state index in [0.29, 0.717) is 28.4 Å². The Balaban J connectivity index is 2.27. The van der Waals surface area contributed by atoms with Gasteiger partial charge in [-0.2, -0.15) is 0 Å². The Morgan fingerprint density at radius 1 is 1.71 bits per heavy atom. The van der Waals surface area contributed by atoms with Crippen molar-refractivity contribution in [2.24, 2.45) is 0 Å². The third kappa shape index (κ3) is 2.66. The number of pyridine rings is 1. The number of rotatable bonds is 4. The molecule has 1 aromatic rings. The quantitative estimate of drug-likeness (QED) is 0.867. The number of nitrogen functional groups attached to an aromatic ring is 1. The van der Waals surface area contributed by atoms with Crippen LogP contribution in [-0.4, -0.2) is 28.4 Å². The Kier molecular flexibility index (Phi) is 3.47. The van der Waals surface area contributed by atoms with Gasteiger partial charge in [-0.05, 0) is 34.8 Å². The van der Waals surface area contributed by atoms with Gasteiger partial charge in [0.05, 0.1) is 5.56 Å². The number of amides is 1. The summed E-state index contributed by atoms with van der Waals surface area (Å²) in [7, 11) is 0. The fraction of sp³-hybridized carbons (Fsp3) is 0.333. The van der Waals surface area contributed by atoms with E-state index in [9.17, 15) is 4.79 Å². The van der Waals surface area contributed by atoms with Crippen LogP contribution in [0.25, 0.3) is 0 Å². The van der Waals surface area contributed by atoms with Gasteiger partial charge in [-0.1, -0.05) is 6.08 Å². The summed E-state index contributed by atoms with van der Waals surface area (Å²) in [5, 5.41) is 0. The predicted molar refractivity (Wildman–Crippen MR) is 70.6 cm³/mol. The van der Waals surface area contributed by atoms with Gasteiger partial charge in [0.2, 0.25) is 0 Å². The van der Waals surface area contributed by atoms with Crippen LogP contribution < -0.4 is 5.73 Å². The van der Waals surface area contributed by atoms with E-state index in [-0.39, 0.29) is 5.91 Å². The minimum Gasteiger partial charge on any atom is -0.384 e. The zero-order valence-corrected chi connectivity index (χ0v) is 11.0. The Hall–Kier alpha value is -1.36. The van der Waals surface area contributed by atoms with Gasteiger partial charge in [-0.3, -0.25) is 4.79 Å². The van der Waals surface area contributed by atoms with E-state index in [1.54, 1.807) is 18.3 Å². The molecule has 0 spiro atoms. The Morgan fingerprint density at radius 2 is 2.41 bits per heavy atom. The molecule has 0 atom stereocenters. The van der Waals surface area contributed by atoms with Gasteiger partial charge >= 0.3 is 0 Å². The van der Waals surface area contributed by atoms with E-state index in [1.165, 1.54) is 0 Å². The SMILES string of the molecule is C=CCN(C(=O)c1cc(N)ncc1Br)C1CC1. The average molecular weight is 296 g/mol. The molecule has 4 nitrogen and oxygen atoms in total. The topological polar surface area (TPSA) is 59.2 Å². The van der Waals surface area contributed by atoms with Gasteiger partial charge < -0.3 is 10.6 Å². The number of hydrogen-bond acceptors (Lipinski definition) is 3. The summed E-state index contributed by atoms with van der Waals surface area (Å²) in [5.74, 6) is 0.333. The number of nitrogens with two attached hydrogens (primary N) is 1. The summed E-state index contributed by atoms with van der Waals surface area (Å²) < 4.78 is 0.673. The second-order valence-corrected chi connectivity index (χ2v) is 4.92. The van der Waals surface area contributed by atoms with Crippen LogP contribution in [-0.2, 0) is 0 Å². The first-order valence-corrected chi connectivity index (χ1v) is 6.25. The lowest BCUT2D eigenvalue weighted by molar-refractivity contribution is 0.0761. The molecule has 0 unspecified atom stereocenters. The van der Waals surface area contributed by atoms with Crippen LogP contribution in [0.5, 0.6) is 0 Å². The van der Waals surface area contributed by atoms with Gasteiger partial charge in [0.25, 0.3) is 5.91 Å². The molecule has 1 heterocycles. The summed E-state index contributed by atoms with van der Waals surface area (Å²) in [4.78, 5) is 18.1. The van der Waals surface area contributed by atoms with E-state index in [1.807, 2.05) is 4.90 Å². The fourth-order valence-corrected chi connectivity index (χ4v) is 2.08. The van der Waals surface area contributed by atoms with Gasteiger partial charge in [0, 0.05) is 23.3 Å². The fourth-order valence-electron chi connectivity index (χ4n) is 1.70. The van der Waals surface area contributed by atoms with E-state index < -0.39 is 0 Å². The Labute approximate surface area is 109 Å². The number of halogens is 1. The molecular weight excluding hydrogens is 282 g/mol. The summed E-state index contributed by atoms with van der Waals surface area (Å²) in [6, 6.07) is 1.95. The molecule has 1 fully saturated rings. The molecule has 0 bridgehead atoms. The molecule has 1 aliphatic carbocycles. The van der Waals surface area contributed by atoms with Crippen LogP contribution in [0.4, 0.5) is 5.82 Å². The molecule has 2 rings (SSSR count). The van der Waals surface area contributed by atoms with Crippen molar-refractivity contribution in [2.75, 3.05) is 12.3 Å². The highest BCUT2D eigenvalue weighted by molar-refractivity contribution is 9.10. The zero-order valence-electron chi connectivity index (χ0n) is 9.40. The van der Waals surface area contributed by atoms with Crippen molar-refractivity contribution >= 4 is 27.7 Å². The molecule has 17 heavy (non-hydrogen) atoms. The highest BCUT2D eigenvalue weighted by Crippen LogP contribution is 2.29. The number of nitrogens with zero attached hydrogens (tertiary/aromatic N) is 2. The summed E-state index contributed by atoms with van der Waals surface area (Å²) >= 11 is 3.33. The first-order chi connectivity index (χ1) is 8.13. The largest absolute Gasteiger partial charge is 0.384 e. The maximum absolute atomic E-state index is 12.4. The zero-order chi connectivity index (χ0) is 12.4. The normalized spacial score (nSPS) is 14.4. The molecule has 0 aliphatic heterocycles. The van der Waals surface area contributed by atoms with Crippen molar-refractivity contribution in [1.82, 2.24) is 9.88 Å². The highest BCUT2D eigenvalue weighted by Gasteiger charge is 2.32. The molecule has 0 saturated heterocycles. The molecule has 1 saturated carbocycles. The molecule has 1 aromatic heterocycles. The summed E-state index contributed by atoms with van der Waals surface area (Å²) in [6.45, 7) is 4.25. The smallest absolute Gasteiger partial charge is 0.255 e. The average Bonchev–Trinajstić information content (AvgIpc) is 3.12. The first kappa shape index (κ1) is 12.1. The number of anilines is 1. The van der Waals surface area contributed by atoms with E-state index in [2.05, 4.69) is 27.5 Å². The Morgan fingerprint density at radius 3 is 3.00 bits per heavy atom. The number of carbonyl (C=O) groups is 1. The van der Waals surface area contributed by atoms with Crippen molar-refractivity contribution in [2.45, 2.75) is 18.9 Å². The van der Waals surface area contributed by atoms with Crippen LogP contribution >= 0.6 is 15.9 Å². The first-order valence-electron chi connectivity index (χ1n) is 5.46. The van der Waals surface area contributed by atoms with E-state index in [4.69, 9.17) is 5.73 Å². The highest BCUT2D eigenvalue weighted by atomic mass is 79.9. The minimum atomic E-state index is -0.0200. The molecule has 1 aliphatic rings. The van der Waals surface area contributed by atoms with E-state index in [0.717, 1.165) is 12.8 Å². The number of carbonyl (C=O) groups excluding carboxylic acids is 1. The third-order valence-corrected chi connectivity index (χ3v) is 3.31. The third-order valence-electron chi connectivity index (χ3n) is 2.68.